The van der Waals surface area contributed by atoms with Crippen LogP contribution < -0.4 is 5.32 Å². The summed E-state index contributed by atoms with van der Waals surface area (Å²) in [4.78, 5) is 28.9. The molecule has 1 N–H and O–H groups in total. The van der Waals surface area contributed by atoms with Gasteiger partial charge in [-0.2, -0.15) is 0 Å². The zero-order valence-electron chi connectivity index (χ0n) is 41.9. The minimum atomic E-state index is -0.186. The number of allylic oxidation sites excluding steroid dienone is 6. The van der Waals surface area contributed by atoms with Gasteiger partial charge in [0.1, 0.15) is 6.17 Å². The van der Waals surface area contributed by atoms with Crippen molar-refractivity contribution in [2.24, 2.45) is 0 Å². The molecule has 0 aromatic carbocycles. The molecule has 0 saturated carbocycles. The van der Waals surface area contributed by atoms with E-state index in [0.29, 0.717) is 12.8 Å². The first-order chi connectivity index (χ1) is 30.1. The number of nitrogens with zero attached hydrogens (tertiary/aromatic N) is 1. The number of carbonyl (C=O) groups excluding carboxylic acids is 2. The van der Waals surface area contributed by atoms with Gasteiger partial charge >= 0.3 is 0 Å². The van der Waals surface area contributed by atoms with Gasteiger partial charge in [0.2, 0.25) is 11.8 Å². The Balaban J connectivity index is 4.54. The van der Waals surface area contributed by atoms with Crippen molar-refractivity contribution in [3.8, 4) is 0 Å². The first-order valence-corrected chi connectivity index (χ1v) is 27.6. The molecule has 0 aliphatic carbocycles. The van der Waals surface area contributed by atoms with E-state index in [2.05, 4.69) is 69.5 Å². The average molecular weight is 854 g/mol. The summed E-state index contributed by atoms with van der Waals surface area (Å²) in [5.74, 6) is 0.350. The van der Waals surface area contributed by atoms with Crippen LogP contribution >= 0.6 is 0 Å². The molecular formula is C57H108N2O2. The van der Waals surface area contributed by atoms with Crippen molar-refractivity contribution < 1.29 is 9.59 Å². The van der Waals surface area contributed by atoms with Crippen LogP contribution in [0.25, 0.3) is 0 Å². The molecule has 0 heterocycles. The Morgan fingerprint density at radius 1 is 0.361 bits per heavy atom. The van der Waals surface area contributed by atoms with E-state index in [-0.39, 0.29) is 18.0 Å². The smallest absolute Gasteiger partial charge is 0.224 e. The Morgan fingerprint density at radius 2 is 0.639 bits per heavy atom. The molecule has 0 aromatic heterocycles. The van der Waals surface area contributed by atoms with Gasteiger partial charge in [-0.05, 0) is 103 Å². The third kappa shape index (κ3) is 44.6. The maximum Gasteiger partial charge on any atom is 0.224 e. The van der Waals surface area contributed by atoms with Gasteiger partial charge in [-0.3, -0.25) is 9.59 Å². The molecular weight excluding hydrogens is 745 g/mol. The molecule has 0 aliphatic rings. The Kier molecular flexibility index (Phi) is 49.3. The summed E-state index contributed by atoms with van der Waals surface area (Å²) in [6.07, 6.45) is 66.9. The highest BCUT2D eigenvalue weighted by atomic mass is 16.2. The largest absolute Gasteiger partial charge is 0.336 e. The molecule has 0 radical (unpaired) electrons. The summed E-state index contributed by atoms with van der Waals surface area (Å²) in [6.45, 7) is 9.73. The Labute approximate surface area is 383 Å². The highest BCUT2D eigenvalue weighted by molar-refractivity contribution is 5.79. The molecule has 0 rings (SSSR count). The SMILES string of the molecule is CCCCCCCC/C=C\CCCCCCCCN(C(=O)CCCCCCC/C=C\CCCCCCCC)C(CC)NC(=O)CCCCCCC/C=C\CCCCCCCC. The Bertz CT molecular complexity index is 986. The fourth-order valence-electron chi connectivity index (χ4n) is 8.49. The van der Waals surface area contributed by atoms with E-state index in [4.69, 9.17) is 0 Å². The van der Waals surface area contributed by atoms with Gasteiger partial charge in [0.25, 0.3) is 0 Å². The van der Waals surface area contributed by atoms with Crippen LogP contribution in [0.4, 0.5) is 0 Å². The van der Waals surface area contributed by atoms with Crippen LogP contribution in [0.1, 0.15) is 304 Å². The summed E-state index contributed by atoms with van der Waals surface area (Å²) in [5, 5.41) is 3.30. The minimum absolute atomic E-state index is 0.115. The highest BCUT2D eigenvalue weighted by Crippen LogP contribution is 2.16. The second kappa shape index (κ2) is 50.8. The van der Waals surface area contributed by atoms with Crippen molar-refractivity contribution in [3.05, 3.63) is 36.5 Å². The molecule has 0 saturated heterocycles. The van der Waals surface area contributed by atoms with E-state index >= 15 is 0 Å². The van der Waals surface area contributed by atoms with Crippen LogP contribution in [-0.4, -0.2) is 29.4 Å². The molecule has 0 spiro atoms. The van der Waals surface area contributed by atoms with Gasteiger partial charge in [-0.1, -0.05) is 225 Å². The lowest BCUT2D eigenvalue weighted by Gasteiger charge is -2.32. The lowest BCUT2D eigenvalue weighted by molar-refractivity contribution is -0.136. The predicted octanol–water partition coefficient (Wildman–Crippen LogP) is 18.8. The van der Waals surface area contributed by atoms with Gasteiger partial charge in [0, 0.05) is 19.4 Å². The number of hydrogen-bond donors (Lipinski definition) is 1. The lowest BCUT2D eigenvalue weighted by Crippen LogP contribution is -2.50. The second-order valence-electron chi connectivity index (χ2n) is 18.7. The molecule has 4 nitrogen and oxygen atoms in total. The van der Waals surface area contributed by atoms with Crippen LogP contribution in [0.2, 0.25) is 0 Å². The van der Waals surface area contributed by atoms with Crippen LogP contribution in [0.3, 0.4) is 0 Å². The van der Waals surface area contributed by atoms with Gasteiger partial charge in [0.05, 0.1) is 0 Å². The van der Waals surface area contributed by atoms with E-state index in [9.17, 15) is 9.59 Å². The van der Waals surface area contributed by atoms with Crippen molar-refractivity contribution >= 4 is 11.8 Å². The van der Waals surface area contributed by atoms with Crippen LogP contribution in [0, 0.1) is 0 Å². The fourth-order valence-corrected chi connectivity index (χ4v) is 8.49. The van der Waals surface area contributed by atoms with Crippen molar-refractivity contribution in [1.29, 1.82) is 0 Å². The van der Waals surface area contributed by atoms with Crippen LogP contribution in [0.5, 0.6) is 0 Å². The van der Waals surface area contributed by atoms with E-state index in [1.807, 2.05) is 4.90 Å². The topological polar surface area (TPSA) is 49.4 Å². The lowest BCUT2D eigenvalue weighted by atomic mass is 10.1. The molecule has 0 aliphatic heterocycles. The average Bonchev–Trinajstić information content (AvgIpc) is 3.26. The van der Waals surface area contributed by atoms with Crippen LogP contribution in [0.15, 0.2) is 36.5 Å². The van der Waals surface area contributed by atoms with Crippen molar-refractivity contribution in [1.82, 2.24) is 10.2 Å². The first kappa shape index (κ1) is 59.2. The van der Waals surface area contributed by atoms with Gasteiger partial charge in [-0.15, -0.1) is 0 Å². The highest BCUT2D eigenvalue weighted by Gasteiger charge is 2.23. The third-order valence-corrected chi connectivity index (χ3v) is 12.6. The second-order valence-corrected chi connectivity index (χ2v) is 18.7. The van der Waals surface area contributed by atoms with Gasteiger partial charge < -0.3 is 10.2 Å². The number of carbonyl (C=O) groups is 2. The normalized spacial score (nSPS) is 12.4. The summed E-state index contributed by atoms with van der Waals surface area (Å²) in [7, 11) is 0. The van der Waals surface area contributed by atoms with Crippen molar-refractivity contribution in [2.75, 3.05) is 6.54 Å². The number of unbranched alkanes of at least 4 members (excludes halogenated alkanes) is 34. The Morgan fingerprint density at radius 3 is 0.967 bits per heavy atom. The van der Waals surface area contributed by atoms with Crippen LogP contribution in [-0.2, 0) is 9.59 Å². The number of hydrogen-bond acceptors (Lipinski definition) is 2. The van der Waals surface area contributed by atoms with Gasteiger partial charge in [0.15, 0.2) is 0 Å². The number of rotatable bonds is 49. The molecule has 4 heteroatoms. The zero-order valence-corrected chi connectivity index (χ0v) is 41.9. The summed E-state index contributed by atoms with van der Waals surface area (Å²) in [5.41, 5.74) is 0. The molecule has 358 valence electrons. The molecule has 2 amide bonds. The van der Waals surface area contributed by atoms with E-state index in [1.165, 1.54) is 218 Å². The first-order valence-electron chi connectivity index (χ1n) is 27.6. The van der Waals surface area contributed by atoms with Gasteiger partial charge in [-0.25, -0.2) is 0 Å². The minimum Gasteiger partial charge on any atom is -0.336 e. The predicted molar refractivity (Wildman–Crippen MR) is 272 cm³/mol. The fraction of sp³-hybridized carbons (Fsp3) is 0.860. The molecule has 61 heavy (non-hydrogen) atoms. The summed E-state index contributed by atoms with van der Waals surface area (Å²) >= 11 is 0. The zero-order chi connectivity index (χ0) is 44.4. The van der Waals surface area contributed by atoms with Crippen molar-refractivity contribution in [3.63, 3.8) is 0 Å². The molecule has 1 unspecified atom stereocenters. The quantitative estimate of drug-likeness (QED) is 0.0377. The molecule has 0 fully saturated rings. The van der Waals surface area contributed by atoms with E-state index in [1.54, 1.807) is 0 Å². The number of amides is 2. The maximum absolute atomic E-state index is 13.7. The number of nitrogens with one attached hydrogen (secondary N) is 1. The third-order valence-electron chi connectivity index (χ3n) is 12.6. The monoisotopic (exact) mass is 853 g/mol. The Hall–Kier alpha value is -1.84. The summed E-state index contributed by atoms with van der Waals surface area (Å²) < 4.78 is 0. The molecule has 0 aromatic rings. The summed E-state index contributed by atoms with van der Waals surface area (Å²) in [6, 6.07) is 0. The van der Waals surface area contributed by atoms with E-state index < -0.39 is 0 Å². The van der Waals surface area contributed by atoms with E-state index in [0.717, 1.165) is 51.5 Å². The molecule has 0 bridgehead atoms. The maximum atomic E-state index is 13.7. The molecule has 1 atom stereocenters. The standard InChI is InChI=1S/C57H108N2O2/c1-5-9-12-15-18-21-24-27-30-33-36-39-42-45-48-51-54-59(57(61)53-50-47-44-41-38-35-32-29-26-23-20-17-14-11-7-3)55(8-4)58-56(60)52-49-46-43-40-37-34-31-28-25-22-19-16-13-10-6-2/h27-32,55H,5-26,33-54H2,1-4H3,(H,58,60)/b30-27-,31-28-,32-29-. The van der Waals surface area contributed by atoms with Crippen molar-refractivity contribution in [2.45, 2.75) is 310 Å².